The molecule has 5 nitrogen and oxygen atoms in total. The Labute approximate surface area is 146 Å². The molecule has 25 heavy (non-hydrogen) atoms. The van der Waals surface area contributed by atoms with E-state index in [-0.39, 0.29) is 0 Å². The van der Waals surface area contributed by atoms with Crippen molar-refractivity contribution in [3.63, 3.8) is 0 Å². The lowest BCUT2D eigenvalue weighted by molar-refractivity contribution is -0.603. The number of rotatable bonds is 2. The van der Waals surface area contributed by atoms with Crippen molar-refractivity contribution in [2.24, 2.45) is 0 Å². The van der Waals surface area contributed by atoms with Gasteiger partial charge in [0.2, 0.25) is 0 Å². The van der Waals surface area contributed by atoms with Gasteiger partial charge in [-0.1, -0.05) is 30.3 Å². The Balaban J connectivity index is 1.87. The minimum absolute atomic E-state index is 0.497. The number of pyridine rings is 1. The second-order valence-electron chi connectivity index (χ2n) is 6.82. The fraction of sp³-hybridized carbons (Fsp3) is 0.200. The average molecular weight is 336 g/mol. The molecule has 0 unspecified atom stereocenters. The van der Waals surface area contributed by atoms with Crippen molar-refractivity contribution >= 4 is 22.6 Å². The van der Waals surface area contributed by atoms with Crippen molar-refractivity contribution < 1.29 is 14.3 Å². The molecule has 128 valence electrons. The number of ether oxygens (including phenoxy) is 1. The summed E-state index contributed by atoms with van der Waals surface area (Å²) < 4.78 is 6.05. The summed E-state index contributed by atoms with van der Waals surface area (Å²) in [5, 5.41) is 16.4. The van der Waals surface area contributed by atoms with Crippen molar-refractivity contribution in [3.05, 3.63) is 66.1 Å². The molecular formula is C20H20N2O3. The summed E-state index contributed by atoms with van der Waals surface area (Å²) in [6.07, 6.45) is 2.61. The van der Waals surface area contributed by atoms with Gasteiger partial charge >= 0.3 is 6.09 Å². The van der Waals surface area contributed by atoms with Crippen molar-refractivity contribution in [1.82, 2.24) is 0 Å². The number of aromatic nitrogens is 1. The molecule has 0 bridgehead atoms. The van der Waals surface area contributed by atoms with E-state index >= 15 is 0 Å². The lowest BCUT2D eigenvalue weighted by Gasteiger charge is -2.19. The van der Waals surface area contributed by atoms with Crippen LogP contribution in [0.2, 0.25) is 0 Å². The first-order valence-corrected chi connectivity index (χ1v) is 8.04. The van der Waals surface area contributed by atoms with Gasteiger partial charge in [-0.3, -0.25) is 5.32 Å². The first-order valence-electron chi connectivity index (χ1n) is 8.04. The summed E-state index contributed by atoms with van der Waals surface area (Å²) in [5.74, 6) is 0. The summed E-state index contributed by atoms with van der Waals surface area (Å²) in [7, 11) is 0. The first kappa shape index (κ1) is 16.8. The highest BCUT2D eigenvalue weighted by atomic mass is 16.6. The SMILES string of the molecule is CC(C)(C)OC(=O)Nc1ccc(-c2c[n+]([O-])cc3ccccc23)cc1. The molecule has 0 aliphatic rings. The number of anilines is 1. The van der Waals surface area contributed by atoms with Gasteiger partial charge in [0.15, 0.2) is 12.4 Å². The molecule has 0 fully saturated rings. The largest absolute Gasteiger partial charge is 0.619 e. The van der Waals surface area contributed by atoms with Gasteiger partial charge in [0.25, 0.3) is 0 Å². The molecule has 0 atom stereocenters. The molecule has 1 amide bonds. The Bertz CT molecular complexity index is 912. The summed E-state index contributed by atoms with van der Waals surface area (Å²) in [5.41, 5.74) is 1.83. The van der Waals surface area contributed by atoms with Gasteiger partial charge in [0.1, 0.15) is 5.60 Å². The predicted octanol–water partition coefficient (Wildman–Crippen LogP) is 4.49. The summed E-state index contributed by atoms with van der Waals surface area (Å²) in [6.45, 7) is 5.44. The number of hydrogen-bond acceptors (Lipinski definition) is 3. The Kier molecular flexibility index (Phi) is 4.31. The second kappa shape index (κ2) is 6.43. The van der Waals surface area contributed by atoms with E-state index in [1.807, 2.05) is 57.2 Å². The van der Waals surface area contributed by atoms with E-state index in [2.05, 4.69) is 5.32 Å². The van der Waals surface area contributed by atoms with Gasteiger partial charge in [0, 0.05) is 16.5 Å². The molecule has 0 spiro atoms. The third-order valence-corrected chi connectivity index (χ3v) is 3.61. The fourth-order valence-electron chi connectivity index (χ4n) is 2.61. The fourth-order valence-corrected chi connectivity index (χ4v) is 2.61. The third-order valence-electron chi connectivity index (χ3n) is 3.61. The minimum Gasteiger partial charge on any atom is -0.619 e. The van der Waals surface area contributed by atoms with Crippen LogP contribution in [0.3, 0.4) is 0 Å². The third kappa shape index (κ3) is 4.07. The zero-order chi connectivity index (χ0) is 18.0. The Morgan fingerprint density at radius 3 is 2.40 bits per heavy atom. The van der Waals surface area contributed by atoms with E-state index in [1.54, 1.807) is 24.5 Å². The van der Waals surface area contributed by atoms with E-state index in [1.165, 1.54) is 0 Å². The molecule has 3 aromatic rings. The summed E-state index contributed by atoms with van der Waals surface area (Å²) >= 11 is 0. The molecule has 1 heterocycles. The maximum absolute atomic E-state index is 11.9. The van der Waals surface area contributed by atoms with Crippen LogP contribution < -0.4 is 10.0 Å². The van der Waals surface area contributed by atoms with Crippen molar-refractivity contribution in [2.75, 3.05) is 5.32 Å². The van der Waals surface area contributed by atoms with Crippen molar-refractivity contribution in [3.8, 4) is 11.1 Å². The number of nitrogens with zero attached hydrogens (tertiary/aromatic N) is 1. The minimum atomic E-state index is -0.547. The molecule has 0 aliphatic carbocycles. The second-order valence-corrected chi connectivity index (χ2v) is 6.82. The summed E-state index contributed by atoms with van der Waals surface area (Å²) in [4.78, 5) is 11.8. The van der Waals surface area contributed by atoms with Crippen molar-refractivity contribution in [1.29, 1.82) is 0 Å². The maximum atomic E-state index is 11.9. The first-order chi connectivity index (χ1) is 11.8. The van der Waals surface area contributed by atoms with E-state index < -0.39 is 11.7 Å². The van der Waals surface area contributed by atoms with Crippen LogP contribution in [-0.4, -0.2) is 11.7 Å². The van der Waals surface area contributed by atoms with Crippen LogP contribution in [0, 0.1) is 5.21 Å². The Morgan fingerprint density at radius 1 is 1.04 bits per heavy atom. The number of amides is 1. The molecule has 0 radical (unpaired) electrons. The number of nitrogens with one attached hydrogen (secondary N) is 1. The van der Waals surface area contributed by atoms with E-state index in [0.29, 0.717) is 5.69 Å². The Hall–Kier alpha value is -3.08. The molecular weight excluding hydrogens is 316 g/mol. The number of carbonyl (C=O) groups is 1. The smallest absolute Gasteiger partial charge is 0.412 e. The van der Waals surface area contributed by atoms with Gasteiger partial charge in [-0.15, -0.1) is 0 Å². The number of fused-ring (bicyclic) bond motifs is 1. The van der Waals surface area contributed by atoms with Crippen LogP contribution in [0.5, 0.6) is 0 Å². The van der Waals surface area contributed by atoms with Crippen LogP contribution in [0.1, 0.15) is 20.8 Å². The highest BCUT2D eigenvalue weighted by molar-refractivity contribution is 5.95. The van der Waals surface area contributed by atoms with E-state index in [0.717, 1.165) is 26.6 Å². The normalized spacial score (nSPS) is 11.3. The maximum Gasteiger partial charge on any atom is 0.412 e. The van der Waals surface area contributed by atoms with Gasteiger partial charge in [0.05, 0.1) is 5.56 Å². The molecule has 2 aromatic carbocycles. The van der Waals surface area contributed by atoms with Crippen LogP contribution in [-0.2, 0) is 4.74 Å². The average Bonchev–Trinajstić information content (AvgIpc) is 2.53. The standard InChI is InChI=1S/C20H20N2O3/c1-20(2,3)25-19(23)21-16-10-8-14(9-11-16)18-13-22(24)12-15-6-4-5-7-17(15)18/h4-13H,1-3H3,(H,21,23). The van der Waals surface area contributed by atoms with Gasteiger partial charge in [-0.2, -0.15) is 4.73 Å². The monoisotopic (exact) mass is 336 g/mol. The van der Waals surface area contributed by atoms with Crippen LogP contribution in [0.15, 0.2) is 60.9 Å². The van der Waals surface area contributed by atoms with Crippen LogP contribution in [0.25, 0.3) is 21.9 Å². The zero-order valence-corrected chi connectivity index (χ0v) is 14.4. The quantitative estimate of drug-likeness (QED) is 0.554. The molecule has 1 N–H and O–H groups in total. The van der Waals surface area contributed by atoms with Crippen molar-refractivity contribution in [2.45, 2.75) is 26.4 Å². The lowest BCUT2D eigenvalue weighted by atomic mass is 10.0. The molecule has 1 aromatic heterocycles. The molecule has 5 heteroatoms. The van der Waals surface area contributed by atoms with Crippen LogP contribution >= 0.6 is 0 Å². The zero-order valence-electron chi connectivity index (χ0n) is 14.4. The van der Waals surface area contributed by atoms with Gasteiger partial charge in [-0.25, -0.2) is 4.79 Å². The highest BCUT2D eigenvalue weighted by Crippen LogP contribution is 2.28. The molecule has 0 aliphatic heterocycles. The van der Waals surface area contributed by atoms with E-state index in [4.69, 9.17) is 4.74 Å². The summed E-state index contributed by atoms with van der Waals surface area (Å²) in [6, 6.07) is 15.1. The number of carbonyl (C=O) groups excluding carboxylic acids is 1. The number of benzene rings is 2. The highest BCUT2D eigenvalue weighted by Gasteiger charge is 2.16. The number of hydrogen-bond donors (Lipinski definition) is 1. The van der Waals surface area contributed by atoms with Gasteiger partial charge in [-0.05, 0) is 44.5 Å². The predicted molar refractivity (Wildman–Crippen MR) is 98.2 cm³/mol. The van der Waals surface area contributed by atoms with E-state index in [9.17, 15) is 10.0 Å². The molecule has 0 saturated carbocycles. The molecule has 3 rings (SSSR count). The van der Waals surface area contributed by atoms with Crippen LogP contribution in [0.4, 0.5) is 10.5 Å². The Morgan fingerprint density at radius 2 is 1.72 bits per heavy atom. The van der Waals surface area contributed by atoms with Gasteiger partial charge < -0.3 is 9.94 Å². The topological polar surface area (TPSA) is 65.3 Å². The molecule has 0 saturated heterocycles. The lowest BCUT2D eigenvalue weighted by Crippen LogP contribution is -2.27.